The van der Waals surface area contributed by atoms with Gasteiger partial charge in [0.05, 0.1) is 5.56 Å². The number of para-hydroxylation sites is 1. The Kier molecular flexibility index (Phi) is 8.57. The summed E-state index contributed by atoms with van der Waals surface area (Å²) in [4.78, 5) is 14.5. The molecule has 1 aromatic carbocycles. The lowest BCUT2D eigenvalue weighted by molar-refractivity contribution is -0.139. The minimum atomic E-state index is -4.52. The molecule has 28 heavy (non-hydrogen) atoms. The fraction of sp³-hybridized carbons (Fsp3) is 0.650. The van der Waals surface area contributed by atoms with Crippen LogP contribution >= 0.6 is 0 Å². The molecule has 0 aliphatic carbocycles. The maximum Gasteiger partial charge on any atom is 0.419 e. The first kappa shape index (κ1) is 22.5. The number of nitrogens with one attached hydrogen (secondary N) is 1. The lowest BCUT2D eigenvalue weighted by atomic mass is 9.93. The number of rotatable bonds is 9. The van der Waals surface area contributed by atoms with Crippen molar-refractivity contribution in [2.75, 3.05) is 39.5 Å². The summed E-state index contributed by atoms with van der Waals surface area (Å²) in [6.07, 6.45) is -2.73. The second-order valence-corrected chi connectivity index (χ2v) is 7.07. The lowest BCUT2D eigenvalue weighted by Crippen LogP contribution is -2.51. The van der Waals surface area contributed by atoms with E-state index in [0.29, 0.717) is 0 Å². The fourth-order valence-electron chi connectivity index (χ4n) is 3.40. The van der Waals surface area contributed by atoms with Crippen LogP contribution in [0.2, 0.25) is 0 Å². The number of halogens is 3. The van der Waals surface area contributed by atoms with E-state index in [1.165, 1.54) is 18.2 Å². The van der Waals surface area contributed by atoms with Gasteiger partial charge in [0, 0.05) is 38.9 Å². The largest absolute Gasteiger partial charge is 0.483 e. The van der Waals surface area contributed by atoms with Crippen molar-refractivity contribution in [1.29, 1.82) is 0 Å². The van der Waals surface area contributed by atoms with Crippen LogP contribution in [0.4, 0.5) is 13.2 Å². The molecule has 2 unspecified atom stereocenters. The zero-order valence-corrected chi connectivity index (χ0v) is 16.4. The first-order valence-corrected chi connectivity index (χ1v) is 9.69. The standard InChI is InChI=1S/C20H29F3N2O3/c1-3-27-12-6-10-25-11-9-17(15(2)13-25)24-19(26)14-28-18-8-5-4-7-16(18)20(21,22)23/h4-5,7-8,15,17H,3,6,9-14H2,1-2H3,(H,24,26). The summed E-state index contributed by atoms with van der Waals surface area (Å²) in [6.45, 7) is 7.78. The molecular formula is C20H29F3N2O3. The number of nitrogens with zero attached hydrogens (tertiary/aromatic N) is 1. The second-order valence-electron chi connectivity index (χ2n) is 7.07. The van der Waals surface area contributed by atoms with Gasteiger partial charge in [0.25, 0.3) is 5.91 Å². The van der Waals surface area contributed by atoms with E-state index in [1.807, 2.05) is 6.92 Å². The average molecular weight is 402 g/mol. The number of hydrogen-bond acceptors (Lipinski definition) is 4. The van der Waals surface area contributed by atoms with E-state index < -0.39 is 24.3 Å². The second kappa shape index (κ2) is 10.7. The first-order valence-electron chi connectivity index (χ1n) is 9.69. The number of alkyl halides is 3. The molecule has 1 amide bonds. The maximum absolute atomic E-state index is 13.0. The average Bonchev–Trinajstić information content (AvgIpc) is 2.65. The number of benzene rings is 1. The molecule has 1 fully saturated rings. The molecule has 0 radical (unpaired) electrons. The van der Waals surface area contributed by atoms with Crippen molar-refractivity contribution >= 4 is 5.91 Å². The molecule has 158 valence electrons. The van der Waals surface area contributed by atoms with Gasteiger partial charge in [-0.3, -0.25) is 4.79 Å². The van der Waals surface area contributed by atoms with Gasteiger partial charge in [0.1, 0.15) is 5.75 Å². The Morgan fingerprint density at radius 1 is 1.32 bits per heavy atom. The molecule has 1 aromatic rings. The SMILES string of the molecule is CCOCCCN1CCC(NC(=O)COc2ccccc2C(F)(F)F)C(C)C1. The molecule has 0 aromatic heterocycles. The number of hydrogen-bond donors (Lipinski definition) is 1. The highest BCUT2D eigenvalue weighted by molar-refractivity contribution is 5.78. The minimum absolute atomic E-state index is 0.00268. The molecule has 1 N–H and O–H groups in total. The summed E-state index contributed by atoms with van der Waals surface area (Å²) in [5.41, 5.74) is -0.878. The third kappa shape index (κ3) is 6.98. The summed E-state index contributed by atoms with van der Waals surface area (Å²) in [7, 11) is 0. The van der Waals surface area contributed by atoms with Gasteiger partial charge >= 0.3 is 6.18 Å². The summed E-state index contributed by atoms with van der Waals surface area (Å²) in [5.74, 6) is -0.479. The Bertz CT molecular complexity index is 625. The van der Waals surface area contributed by atoms with E-state index in [4.69, 9.17) is 9.47 Å². The van der Waals surface area contributed by atoms with Crippen molar-refractivity contribution in [3.8, 4) is 5.75 Å². The van der Waals surface area contributed by atoms with Gasteiger partial charge in [-0.1, -0.05) is 19.1 Å². The Labute approximate surface area is 164 Å². The van der Waals surface area contributed by atoms with E-state index in [9.17, 15) is 18.0 Å². The molecule has 5 nitrogen and oxygen atoms in total. The van der Waals surface area contributed by atoms with Gasteiger partial charge in [0.2, 0.25) is 0 Å². The van der Waals surface area contributed by atoms with Gasteiger partial charge in [-0.05, 0) is 37.8 Å². The van der Waals surface area contributed by atoms with Crippen molar-refractivity contribution in [2.24, 2.45) is 5.92 Å². The molecule has 2 atom stereocenters. The molecule has 0 spiro atoms. The smallest absolute Gasteiger partial charge is 0.419 e. The van der Waals surface area contributed by atoms with Crippen LogP contribution in [0.1, 0.15) is 32.3 Å². The van der Waals surface area contributed by atoms with Crippen LogP contribution in [-0.4, -0.2) is 56.3 Å². The van der Waals surface area contributed by atoms with E-state index in [-0.39, 0.29) is 17.7 Å². The van der Waals surface area contributed by atoms with Gasteiger partial charge in [0.15, 0.2) is 6.61 Å². The Morgan fingerprint density at radius 3 is 2.75 bits per heavy atom. The van der Waals surface area contributed by atoms with Crippen LogP contribution in [0, 0.1) is 5.92 Å². The van der Waals surface area contributed by atoms with Crippen LogP contribution < -0.4 is 10.1 Å². The minimum Gasteiger partial charge on any atom is -0.483 e. The zero-order chi connectivity index (χ0) is 20.6. The molecule has 8 heteroatoms. The van der Waals surface area contributed by atoms with Crippen molar-refractivity contribution in [3.05, 3.63) is 29.8 Å². The van der Waals surface area contributed by atoms with E-state index in [1.54, 1.807) is 0 Å². The molecule has 1 aliphatic heterocycles. The number of carbonyl (C=O) groups excluding carboxylic acids is 1. The first-order chi connectivity index (χ1) is 13.3. The Balaban J connectivity index is 1.77. The molecule has 1 heterocycles. The number of amides is 1. The van der Waals surface area contributed by atoms with Crippen molar-refractivity contribution in [1.82, 2.24) is 10.2 Å². The number of likely N-dealkylation sites (tertiary alicyclic amines) is 1. The number of ether oxygens (including phenoxy) is 2. The summed E-state index contributed by atoms with van der Waals surface area (Å²) < 4.78 is 49.4. The maximum atomic E-state index is 13.0. The van der Waals surface area contributed by atoms with Crippen molar-refractivity contribution in [3.63, 3.8) is 0 Å². The van der Waals surface area contributed by atoms with E-state index in [2.05, 4.69) is 17.1 Å². The number of carbonyl (C=O) groups is 1. The van der Waals surface area contributed by atoms with Crippen LogP contribution in [0.15, 0.2) is 24.3 Å². The predicted molar refractivity (Wildman–Crippen MR) is 100 cm³/mol. The quantitative estimate of drug-likeness (QED) is 0.644. The normalized spacial score (nSPS) is 20.8. The van der Waals surface area contributed by atoms with Gasteiger partial charge in [-0.15, -0.1) is 0 Å². The topological polar surface area (TPSA) is 50.8 Å². The molecule has 1 aliphatic rings. The van der Waals surface area contributed by atoms with Gasteiger partial charge < -0.3 is 19.7 Å². The lowest BCUT2D eigenvalue weighted by Gasteiger charge is -2.37. The molecule has 0 bridgehead atoms. The molecular weight excluding hydrogens is 373 g/mol. The summed E-state index contributed by atoms with van der Waals surface area (Å²) in [6, 6.07) is 4.90. The zero-order valence-electron chi connectivity index (χ0n) is 16.4. The van der Waals surface area contributed by atoms with E-state index in [0.717, 1.165) is 51.8 Å². The van der Waals surface area contributed by atoms with Crippen molar-refractivity contribution in [2.45, 2.75) is 38.9 Å². The Hall–Kier alpha value is -1.80. The van der Waals surface area contributed by atoms with Crippen LogP contribution in [-0.2, 0) is 15.7 Å². The van der Waals surface area contributed by atoms with Crippen LogP contribution in [0.25, 0.3) is 0 Å². The van der Waals surface area contributed by atoms with Crippen molar-refractivity contribution < 1.29 is 27.4 Å². The van der Waals surface area contributed by atoms with Gasteiger partial charge in [-0.2, -0.15) is 13.2 Å². The Morgan fingerprint density at radius 2 is 2.07 bits per heavy atom. The third-order valence-electron chi connectivity index (χ3n) is 4.85. The highest BCUT2D eigenvalue weighted by Gasteiger charge is 2.34. The number of piperidine rings is 1. The predicted octanol–water partition coefficient (Wildman–Crippen LogP) is 3.34. The van der Waals surface area contributed by atoms with E-state index >= 15 is 0 Å². The van der Waals surface area contributed by atoms with Gasteiger partial charge in [-0.25, -0.2) is 0 Å². The fourth-order valence-corrected chi connectivity index (χ4v) is 3.40. The monoisotopic (exact) mass is 402 g/mol. The molecule has 2 rings (SSSR count). The highest BCUT2D eigenvalue weighted by Crippen LogP contribution is 2.35. The summed E-state index contributed by atoms with van der Waals surface area (Å²) >= 11 is 0. The summed E-state index contributed by atoms with van der Waals surface area (Å²) in [5, 5.41) is 2.90. The van der Waals surface area contributed by atoms with Crippen LogP contribution in [0.5, 0.6) is 5.75 Å². The van der Waals surface area contributed by atoms with Crippen LogP contribution in [0.3, 0.4) is 0 Å². The third-order valence-corrected chi connectivity index (χ3v) is 4.85. The highest BCUT2D eigenvalue weighted by atomic mass is 19.4. The molecule has 1 saturated heterocycles. The molecule has 0 saturated carbocycles.